The van der Waals surface area contributed by atoms with Crippen LogP contribution in [0.2, 0.25) is 0 Å². The first-order valence-corrected chi connectivity index (χ1v) is 9.38. The Morgan fingerprint density at radius 2 is 1.75 bits per heavy atom. The molecule has 4 aliphatic rings. The SMILES string of the molecule is O=C(C1C2C3CCC(C3)C12)N1CCC(OCCBr)CC1. The number of alkyl halides is 1. The maximum atomic E-state index is 12.7. The summed E-state index contributed by atoms with van der Waals surface area (Å²) in [6, 6.07) is 0. The number of ether oxygens (including phenoxy) is 1. The molecule has 4 fully saturated rings. The zero-order valence-electron chi connectivity index (χ0n) is 12.0. The van der Waals surface area contributed by atoms with E-state index >= 15 is 0 Å². The Morgan fingerprint density at radius 3 is 2.35 bits per heavy atom. The van der Waals surface area contributed by atoms with Gasteiger partial charge < -0.3 is 9.64 Å². The summed E-state index contributed by atoms with van der Waals surface area (Å²) in [7, 11) is 0. The first kappa shape index (κ1) is 13.6. The third-order valence-electron chi connectivity index (χ3n) is 6.20. The van der Waals surface area contributed by atoms with Gasteiger partial charge in [0, 0.05) is 24.3 Å². The average Bonchev–Trinajstić information content (AvgIpc) is 2.92. The first-order valence-electron chi connectivity index (χ1n) is 8.26. The standard InChI is InChI=1S/C16H24BrNO2/c17-5-8-20-12-3-6-18(7-4-12)16(19)15-13-10-1-2-11(9-10)14(13)15/h10-15H,1-9H2. The minimum absolute atomic E-state index is 0.367. The molecule has 3 aliphatic carbocycles. The van der Waals surface area contributed by atoms with Gasteiger partial charge in [-0.1, -0.05) is 15.9 Å². The third kappa shape index (κ3) is 2.14. The second kappa shape index (κ2) is 5.28. The van der Waals surface area contributed by atoms with Crippen molar-refractivity contribution in [3.8, 4) is 0 Å². The van der Waals surface area contributed by atoms with Crippen LogP contribution in [0.25, 0.3) is 0 Å². The van der Waals surface area contributed by atoms with Gasteiger partial charge in [0.2, 0.25) is 5.91 Å². The number of carbonyl (C=O) groups is 1. The molecule has 0 aromatic heterocycles. The van der Waals surface area contributed by atoms with Crippen LogP contribution in [0.4, 0.5) is 0 Å². The van der Waals surface area contributed by atoms with E-state index in [9.17, 15) is 4.79 Å². The number of piperidine rings is 1. The molecule has 3 saturated carbocycles. The highest BCUT2D eigenvalue weighted by Gasteiger charge is 2.67. The molecule has 20 heavy (non-hydrogen) atoms. The molecule has 4 unspecified atom stereocenters. The highest BCUT2D eigenvalue weighted by Crippen LogP contribution is 2.69. The molecule has 1 aliphatic heterocycles. The average molecular weight is 342 g/mol. The van der Waals surface area contributed by atoms with Gasteiger partial charge in [-0.15, -0.1) is 0 Å². The van der Waals surface area contributed by atoms with E-state index < -0.39 is 0 Å². The largest absolute Gasteiger partial charge is 0.377 e. The van der Waals surface area contributed by atoms with E-state index in [0.29, 0.717) is 17.9 Å². The molecule has 0 N–H and O–H groups in total. The molecule has 4 rings (SSSR count). The van der Waals surface area contributed by atoms with Crippen molar-refractivity contribution < 1.29 is 9.53 Å². The first-order chi connectivity index (χ1) is 9.79. The van der Waals surface area contributed by atoms with Crippen molar-refractivity contribution in [3.63, 3.8) is 0 Å². The highest BCUT2D eigenvalue weighted by atomic mass is 79.9. The summed E-state index contributed by atoms with van der Waals surface area (Å²) in [5.41, 5.74) is 0. The van der Waals surface area contributed by atoms with E-state index in [1.165, 1.54) is 19.3 Å². The van der Waals surface area contributed by atoms with Gasteiger partial charge in [0.15, 0.2) is 0 Å². The normalized spacial score (nSPS) is 42.9. The summed E-state index contributed by atoms with van der Waals surface area (Å²) in [6.07, 6.45) is 6.64. The number of carbonyl (C=O) groups excluding carboxylic acids is 1. The van der Waals surface area contributed by atoms with Crippen LogP contribution in [0.5, 0.6) is 0 Å². The van der Waals surface area contributed by atoms with Crippen molar-refractivity contribution in [2.45, 2.75) is 38.2 Å². The lowest BCUT2D eigenvalue weighted by molar-refractivity contribution is -0.136. The van der Waals surface area contributed by atoms with Gasteiger partial charge >= 0.3 is 0 Å². The quantitative estimate of drug-likeness (QED) is 0.735. The van der Waals surface area contributed by atoms with Crippen LogP contribution in [0.3, 0.4) is 0 Å². The number of rotatable bonds is 4. The maximum Gasteiger partial charge on any atom is 0.226 e. The molecule has 3 nitrogen and oxygen atoms in total. The van der Waals surface area contributed by atoms with Gasteiger partial charge in [-0.2, -0.15) is 0 Å². The van der Waals surface area contributed by atoms with Gasteiger partial charge in [-0.3, -0.25) is 4.79 Å². The second-order valence-electron chi connectivity index (χ2n) is 7.10. The monoisotopic (exact) mass is 341 g/mol. The maximum absolute atomic E-state index is 12.7. The summed E-state index contributed by atoms with van der Waals surface area (Å²) >= 11 is 3.39. The van der Waals surface area contributed by atoms with Gasteiger partial charge in [-0.25, -0.2) is 0 Å². The molecule has 1 amide bonds. The van der Waals surface area contributed by atoms with Gasteiger partial charge in [0.25, 0.3) is 0 Å². The molecule has 1 saturated heterocycles. The number of halogens is 1. The van der Waals surface area contributed by atoms with Gasteiger partial charge in [0.05, 0.1) is 12.7 Å². The number of amides is 1. The van der Waals surface area contributed by atoms with Crippen LogP contribution in [-0.4, -0.2) is 41.9 Å². The number of nitrogens with zero attached hydrogens (tertiary/aromatic N) is 1. The van der Waals surface area contributed by atoms with Crippen LogP contribution in [0, 0.1) is 29.6 Å². The molecular weight excluding hydrogens is 318 g/mol. The van der Waals surface area contributed by atoms with E-state index in [0.717, 1.165) is 61.5 Å². The molecule has 0 aromatic carbocycles. The summed E-state index contributed by atoms with van der Waals surface area (Å²) < 4.78 is 5.77. The van der Waals surface area contributed by atoms with E-state index in [1.54, 1.807) is 0 Å². The Hall–Kier alpha value is -0.0900. The molecule has 4 atom stereocenters. The van der Waals surface area contributed by atoms with E-state index in [1.807, 2.05) is 0 Å². The molecule has 4 heteroatoms. The van der Waals surface area contributed by atoms with Crippen LogP contribution < -0.4 is 0 Å². The minimum Gasteiger partial charge on any atom is -0.377 e. The zero-order valence-corrected chi connectivity index (χ0v) is 13.6. The third-order valence-corrected chi connectivity index (χ3v) is 6.53. The Bertz CT molecular complexity index is 378. The number of likely N-dealkylation sites (tertiary alicyclic amines) is 1. The molecule has 0 radical (unpaired) electrons. The van der Waals surface area contributed by atoms with Crippen LogP contribution in [0.15, 0.2) is 0 Å². The Labute approximate surface area is 129 Å². The Morgan fingerprint density at radius 1 is 1.10 bits per heavy atom. The summed E-state index contributed by atoms with van der Waals surface area (Å²) in [4.78, 5) is 14.8. The number of hydrogen-bond donors (Lipinski definition) is 0. The molecule has 0 spiro atoms. The van der Waals surface area contributed by atoms with Crippen LogP contribution in [-0.2, 0) is 9.53 Å². The second-order valence-corrected chi connectivity index (χ2v) is 7.89. The molecule has 0 aromatic rings. The molecule has 1 heterocycles. The highest BCUT2D eigenvalue weighted by molar-refractivity contribution is 9.09. The zero-order chi connectivity index (χ0) is 13.7. The topological polar surface area (TPSA) is 29.5 Å². The molecule has 2 bridgehead atoms. The van der Waals surface area contributed by atoms with Crippen LogP contribution >= 0.6 is 15.9 Å². The lowest BCUT2D eigenvalue weighted by Gasteiger charge is -2.32. The van der Waals surface area contributed by atoms with E-state index in [2.05, 4.69) is 20.8 Å². The summed E-state index contributed by atoms with van der Waals surface area (Å²) in [5.74, 6) is 4.27. The van der Waals surface area contributed by atoms with Crippen molar-refractivity contribution >= 4 is 21.8 Å². The van der Waals surface area contributed by atoms with Crippen LogP contribution in [0.1, 0.15) is 32.1 Å². The number of hydrogen-bond acceptors (Lipinski definition) is 2. The predicted molar refractivity (Wildman–Crippen MR) is 80.6 cm³/mol. The molecular formula is C16H24BrNO2. The Balaban J connectivity index is 1.29. The fourth-order valence-electron chi connectivity index (χ4n) is 5.32. The van der Waals surface area contributed by atoms with Crippen molar-refractivity contribution in [2.24, 2.45) is 29.6 Å². The van der Waals surface area contributed by atoms with Gasteiger partial charge in [-0.05, 0) is 55.8 Å². The van der Waals surface area contributed by atoms with Gasteiger partial charge in [0.1, 0.15) is 0 Å². The summed E-state index contributed by atoms with van der Waals surface area (Å²) in [5, 5.41) is 0.903. The van der Waals surface area contributed by atoms with Crippen molar-refractivity contribution in [3.05, 3.63) is 0 Å². The van der Waals surface area contributed by atoms with E-state index in [4.69, 9.17) is 4.74 Å². The number of fused-ring (bicyclic) bond motifs is 5. The van der Waals surface area contributed by atoms with Crippen molar-refractivity contribution in [2.75, 3.05) is 25.0 Å². The smallest absolute Gasteiger partial charge is 0.226 e. The van der Waals surface area contributed by atoms with E-state index in [-0.39, 0.29) is 0 Å². The minimum atomic E-state index is 0.367. The van der Waals surface area contributed by atoms with Crippen molar-refractivity contribution in [1.82, 2.24) is 4.90 Å². The summed E-state index contributed by atoms with van der Waals surface area (Å²) in [6.45, 7) is 2.61. The Kier molecular flexibility index (Phi) is 3.58. The lowest BCUT2D eigenvalue weighted by Crippen LogP contribution is -2.42. The van der Waals surface area contributed by atoms with Crippen molar-refractivity contribution in [1.29, 1.82) is 0 Å². The lowest BCUT2D eigenvalue weighted by atomic mass is 10.0. The molecule has 112 valence electrons. The fourth-order valence-corrected chi connectivity index (χ4v) is 5.51. The fraction of sp³-hybridized carbons (Fsp3) is 0.938. The predicted octanol–water partition coefficient (Wildman–Crippen LogP) is 2.68.